The first-order valence-electron chi connectivity index (χ1n) is 6.46. The van der Waals surface area contributed by atoms with Crippen LogP contribution >= 0.6 is 15.9 Å². The Hall–Kier alpha value is -0.940. The highest BCUT2D eigenvalue weighted by Gasteiger charge is 2.15. The summed E-state index contributed by atoms with van der Waals surface area (Å²) in [4.78, 5) is 8.86. The molecule has 2 aromatic heterocycles. The van der Waals surface area contributed by atoms with Crippen molar-refractivity contribution in [3.63, 3.8) is 0 Å². The van der Waals surface area contributed by atoms with E-state index < -0.39 is 0 Å². The third-order valence-corrected chi connectivity index (χ3v) is 4.06. The van der Waals surface area contributed by atoms with Crippen LogP contribution in [-0.2, 0) is 6.54 Å². The molecule has 3 rings (SSSR count). The van der Waals surface area contributed by atoms with Crippen molar-refractivity contribution in [2.45, 2.75) is 38.8 Å². The van der Waals surface area contributed by atoms with Crippen LogP contribution < -0.4 is 5.32 Å². The molecule has 18 heavy (non-hydrogen) atoms. The Balaban J connectivity index is 1.85. The summed E-state index contributed by atoms with van der Waals surface area (Å²) in [7, 11) is 0. The number of hydrogen-bond acceptors (Lipinski definition) is 3. The number of fused-ring (bicyclic) bond motifs is 1. The molecule has 4 nitrogen and oxygen atoms in total. The fourth-order valence-corrected chi connectivity index (χ4v) is 2.98. The molecule has 0 saturated carbocycles. The predicted molar refractivity (Wildman–Crippen MR) is 75.6 cm³/mol. The molecule has 3 heterocycles. The third kappa shape index (κ3) is 2.29. The van der Waals surface area contributed by atoms with Gasteiger partial charge in [0.2, 0.25) is 0 Å². The first-order chi connectivity index (χ1) is 8.74. The van der Waals surface area contributed by atoms with E-state index in [1.165, 1.54) is 25.8 Å². The van der Waals surface area contributed by atoms with Crippen LogP contribution in [-0.4, -0.2) is 27.1 Å². The number of halogens is 1. The topological polar surface area (TPSA) is 42.7 Å². The minimum atomic E-state index is 0.668. The van der Waals surface area contributed by atoms with E-state index in [9.17, 15) is 0 Å². The maximum atomic E-state index is 4.51. The lowest BCUT2D eigenvalue weighted by Crippen LogP contribution is -2.23. The molecule has 1 saturated heterocycles. The van der Waals surface area contributed by atoms with Gasteiger partial charge in [-0.05, 0) is 54.7 Å². The molecule has 96 valence electrons. The molecule has 0 aromatic carbocycles. The highest BCUT2D eigenvalue weighted by Crippen LogP contribution is 2.20. The summed E-state index contributed by atoms with van der Waals surface area (Å²) in [5.41, 5.74) is 1.97. The number of rotatable bonds is 3. The zero-order chi connectivity index (χ0) is 12.5. The lowest BCUT2D eigenvalue weighted by molar-refractivity contribution is 0.505. The van der Waals surface area contributed by atoms with Gasteiger partial charge in [-0.25, -0.2) is 9.97 Å². The van der Waals surface area contributed by atoms with Crippen LogP contribution in [0.2, 0.25) is 0 Å². The van der Waals surface area contributed by atoms with Gasteiger partial charge in [-0.2, -0.15) is 0 Å². The second kappa shape index (κ2) is 4.97. The minimum Gasteiger partial charge on any atom is -0.327 e. The Morgan fingerprint density at radius 1 is 1.56 bits per heavy atom. The molecule has 0 aliphatic carbocycles. The molecule has 1 N–H and O–H groups in total. The number of hydrogen-bond donors (Lipinski definition) is 1. The maximum Gasteiger partial charge on any atom is 0.177 e. The molecule has 1 aliphatic rings. The number of nitrogens with zero attached hydrogens (tertiary/aromatic N) is 3. The zero-order valence-electron chi connectivity index (χ0n) is 10.5. The van der Waals surface area contributed by atoms with Crippen molar-refractivity contribution in [3.05, 3.63) is 22.6 Å². The average molecular weight is 309 g/mol. The summed E-state index contributed by atoms with van der Waals surface area (Å²) in [6.07, 6.45) is 5.57. The molecule has 0 bridgehead atoms. The van der Waals surface area contributed by atoms with Gasteiger partial charge in [0.15, 0.2) is 5.65 Å². The molecule has 1 fully saturated rings. The monoisotopic (exact) mass is 308 g/mol. The third-order valence-electron chi connectivity index (χ3n) is 3.63. The van der Waals surface area contributed by atoms with Crippen LogP contribution in [0.5, 0.6) is 0 Å². The highest BCUT2D eigenvalue weighted by atomic mass is 79.9. The van der Waals surface area contributed by atoms with E-state index in [2.05, 4.69) is 48.8 Å². The van der Waals surface area contributed by atoms with E-state index in [1.807, 2.05) is 0 Å². The Kier molecular flexibility index (Phi) is 3.35. The normalized spacial score (nSPS) is 19.8. The predicted octanol–water partition coefficient (Wildman–Crippen LogP) is 2.64. The van der Waals surface area contributed by atoms with E-state index in [1.54, 1.807) is 6.20 Å². The minimum absolute atomic E-state index is 0.668. The largest absolute Gasteiger partial charge is 0.327 e. The van der Waals surface area contributed by atoms with E-state index in [0.717, 1.165) is 28.0 Å². The van der Waals surface area contributed by atoms with Crippen molar-refractivity contribution in [2.75, 3.05) is 6.54 Å². The zero-order valence-corrected chi connectivity index (χ0v) is 12.1. The number of pyridine rings is 1. The van der Waals surface area contributed by atoms with Crippen molar-refractivity contribution in [1.29, 1.82) is 0 Å². The van der Waals surface area contributed by atoms with Crippen molar-refractivity contribution in [1.82, 2.24) is 19.9 Å². The summed E-state index contributed by atoms with van der Waals surface area (Å²) in [5.74, 6) is 1.05. The second-order valence-corrected chi connectivity index (χ2v) is 5.80. The van der Waals surface area contributed by atoms with Gasteiger partial charge in [0.1, 0.15) is 5.82 Å². The Morgan fingerprint density at radius 2 is 2.44 bits per heavy atom. The van der Waals surface area contributed by atoms with Crippen molar-refractivity contribution >= 4 is 27.1 Å². The van der Waals surface area contributed by atoms with Gasteiger partial charge in [-0.15, -0.1) is 0 Å². The summed E-state index contributed by atoms with van der Waals surface area (Å²) in [5, 5.41) is 3.54. The molecule has 0 spiro atoms. The summed E-state index contributed by atoms with van der Waals surface area (Å²) in [6, 6.07) is 2.77. The van der Waals surface area contributed by atoms with Crippen LogP contribution in [0.4, 0.5) is 0 Å². The molecule has 0 unspecified atom stereocenters. The molecular formula is C13H17BrN4. The van der Waals surface area contributed by atoms with E-state index in [0.29, 0.717) is 6.04 Å². The molecule has 0 amide bonds. The summed E-state index contributed by atoms with van der Waals surface area (Å²) >= 11 is 3.48. The van der Waals surface area contributed by atoms with Crippen LogP contribution in [0, 0.1) is 6.92 Å². The van der Waals surface area contributed by atoms with Gasteiger partial charge in [0, 0.05) is 23.3 Å². The molecule has 1 atom stereocenters. The van der Waals surface area contributed by atoms with Gasteiger partial charge in [0.25, 0.3) is 0 Å². The standard InChI is InChI=1S/C13H17BrN4/c1-9-17-13-12(7-10(14)8-16-13)18(9)6-4-11-3-2-5-15-11/h7-8,11,15H,2-6H2,1H3/t11-/m1/s1. The summed E-state index contributed by atoms with van der Waals surface area (Å²) < 4.78 is 3.28. The number of nitrogens with one attached hydrogen (secondary N) is 1. The van der Waals surface area contributed by atoms with Crippen molar-refractivity contribution < 1.29 is 0 Å². The Bertz CT molecular complexity index is 557. The van der Waals surface area contributed by atoms with Crippen LogP contribution in [0.25, 0.3) is 11.2 Å². The van der Waals surface area contributed by atoms with Gasteiger partial charge in [-0.3, -0.25) is 0 Å². The van der Waals surface area contributed by atoms with Gasteiger partial charge in [0.05, 0.1) is 5.52 Å². The van der Waals surface area contributed by atoms with Crippen LogP contribution in [0.3, 0.4) is 0 Å². The van der Waals surface area contributed by atoms with Gasteiger partial charge < -0.3 is 9.88 Å². The smallest absolute Gasteiger partial charge is 0.177 e. The van der Waals surface area contributed by atoms with Crippen LogP contribution in [0.1, 0.15) is 25.1 Å². The lowest BCUT2D eigenvalue weighted by Gasteiger charge is -2.12. The van der Waals surface area contributed by atoms with Crippen molar-refractivity contribution in [2.24, 2.45) is 0 Å². The quantitative estimate of drug-likeness (QED) is 0.948. The molecule has 0 radical (unpaired) electrons. The molecule has 5 heteroatoms. The fraction of sp³-hybridized carbons (Fsp3) is 0.538. The lowest BCUT2D eigenvalue weighted by atomic mass is 10.1. The van der Waals surface area contributed by atoms with E-state index in [-0.39, 0.29) is 0 Å². The van der Waals surface area contributed by atoms with Gasteiger partial charge >= 0.3 is 0 Å². The second-order valence-electron chi connectivity index (χ2n) is 4.89. The fourth-order valence-electron chi connectivity index (χ4n) is 2.66. The SMILES string of the molecule is Cc1nc2ncc(Br)cc2n1CC[C@H]1CCCN1. The van der Waals surface area contributed by atoms with Crippen molar-refractivity contribution in [3.8, 4) is 0 Å². The first-order valence-corrected chi connectivity index (χ1v) is 7.25. The maximum absolute atomic E-state index is 4.51. The van der Waals surface area contributed by atoms with E-state index in [4.69, 9.17) is 0 Å². The number of aromatic nitrogens is 3. The van der Waals surface area contributed by atoms with Gasteiger partial charge in [-0.1, -0.05) is 0 Å². The first kappa shape index (κ1) is 12.1. The highest BCUT2D eigenvalue weighted by molar-refractivity contribution is 9.10. The average Bonchev–Trinajstić information content (AvgIpc) is 2.94. The number of imidazole rings is 1. The Labute approximate surface area is 115 Å². The number of aryl methyl sites for hydroxylation is 2. The molecule has 2 aromatic rings. The van der Waals surface area contributed by atoms with Crippen LogP contribution in [0.15, 0.2) is 16.7 Å². The molecule has 1 aliphatic heterocycles. The molecular weight excluding hydrogens is 292 g/mol. The Morgan fingerprint density at radius 3 is 3.22 bits per heavy atom. The van der Waals surface area contributed by atoms with E-state index >= 15 is 0 Å². The summed E-state index contributed by atoms with van der Waals surface area (Å²) in [6.45, 7) is 4.23.